The summed E-state index contributed by atoms with van der Waals surface area (Å²) >= 11 is 0. The lowest BCUT2D eigenvalue weighted by Gasteiger charge is -2.18. The molecular formula is C19H26N3O+. The number of anilines is 1. The minimum Gasteiger partial charge on any atom is -0.378 e. The van der Waals surface area contributed by atoms with E-state index in [0.717, 1.165) is 40.9 Å². The van der Waals surface area contributed by atoms with Gasteiger partial charge in [-0.05, 0) is 37.3 Å². The van der Waals surface area contributed by atoms with E-state index in [-0.39, 0.29) is 5.43 Å². The predicted octanol–water partition coefficient (Wildman–Crippen LogP) is 1.66. The minimum absolute atomic E-state index is 0.116. The first-order valence-corrected chi connectivity index (χ1v) is 7.86. The first-order valence-electron chi connectivity index (χ1n) is 7.86. The molecule has 2 aromatic rings. The van der Waals surface area contributed by atoms with Crippen molar-refractivity contribution in [2.45, 2.75) is 13.5 Å². The summed E-state index contributed by atoms with van der Waals surface area (Å²) in [6, 6.07) is 5.95. The molecule has 0 fully saturated rings. The quantitative estimate of drug-likeness (QED) is 0.764. The maximum atomic E-state index is 13.0. The van der Waals surface area contributed by atoms with Crippen LogP contribution in [0.1, 0.15) is 11.3 Å². The Balaban J connectivity index is 2.52. The average Bonchev–Trinajstić information content (AvgIpc) is 2.51. The highest BCUT2D eigenvalue weighted by atomic mass is 16.1. The number of pyridine rings is 1. The molecule has 0 saturated heterocycles. The molecule has 0 aliphatic carbocycles. The van der Waals surface area contributed by atoms with Gasteiger partial charge in [0.1, 0.15) is 6.54 Å². The molecule has 2 rings (SSSR count). The van der Waals surface area contributed by atoms with Gasteiger partial charge in [-0.15, -0.1) is 0 Å². The number of nitrogens with zero attached hydrogens (tertiary/aromatic N) is 1. The van der Waals surface area contributed by atoms with E-state index in [9.17, 15) is 4.79 Å². The SMILES string of the molecule is C=CC[NH+](CC=C)Cc1c(C)[nH]c2ccc(N(C)C)cc2c1=O. The highest BCUT2D eigenvalue weighted by Gasteiger charge is 2.15. The fourth-order valence-electron chi connectivity index (χ4n) is 2.82. The largest absolute Gasteiger partial charge is 0.378 e. The van der Waals surface area contributed by atoms with Gasteiger partial charge in [0.05, 0.1) is 18.7 Å². The first-order chi connectivity index (χ1) is 11.0. The number of hydrogen-bond donors (Lipinski definition) is 2. The van der Waals surface area contributed by atoms with Crippen LogP contribution in [-0.4, -0.2) is 32.2 Å². The van der Waals surface area contributed by atoms with E-state index >= 15 is 0 Å². The van der Waals surface area contributed by atoms with Gasteiger partial charge < -0.3 is 14.8 Å². The van der Waals surface area contributed by atoms with Crippen LogP contribution < -0.4 is 15.2 Å². The number of fused-ring (bicyclic) bond motifs is 1. The molecule has 0 radical (unpaired) electrons. The van der Waals surface area contributed by atoms with Crippen LogP contribution in [0.15, 0.2) is 48.3 Å². The van der Waals surface area contributed by atoms with E-state index in [1.807, 2.05) is 56.3 Å². The number of H-pyrrole nitrogens is 1. The van der Waals surface area contributed by atoms with Crippen molar-refractivity contribution in [3.8, 4) is 0 Å². The van der Waals surface area contributed by atoms with E-state index in [1.165, 1.54) is 4.90 Å². The Morgan fingerprint density at radius 3 is 2.43 bits per heavy atom. The van der Waals surface area contributed by atoms with Crippen LogP contribution in [0.5, 0.6) is 0 Å². The Hall–Kier alpha value is -2.33. The Morgan fingerprint density at radius 1 is 1.22 bits per heavy atom. The lowest BCUT2D eigenvalue weighted by Crippen LogP contribution is -3.10. The van der Waals surface area contributed by atoms with Crippen LogP contribution in [0.4, 0.5) is 5.69 Å². The third kappa shape index (κ3) is 3.71. The number of benzene rings is 1. The lowest BCUT2D eigenvalue weighted by molar-refractivity contribution is -0.902. The second kappa shape index (κ2) is 7.29. The molecule has 0 atom stereocenters. The highest BCUT2D eigenvalue weighted by Crippen LogP contribution is 2.18. The predicted molar refractivity (Wildman–Crippen MR) is 98.4 cm³/mol. The van der Waals surface area contributed by atoms with Crippen molar-refractivity contribution in [2.24, 2.45) is 0 Å². The molecule has 2 N–H and O–H groups in total. The molecule has 4 heteroatoms. The number of aromatic nitrogens is 1. The number of aryl methyl sites for hydroxylation is 1. The molecule has 1 heterocycles. The zero-order chi connectivity index (χ0) is 17.0. The van der Waals surface area contributed by atoms with Gasteiger partial charge in [-0.25, -0.2) is 0 Å². The van der Waals surface area contributed by atoms with Gasteiger partial charge in [-0.2, -0.15) is 0 Å². The summed E-state index contributed by atoms with van der Waals surface area (Å²) in [5.74, 6) is 0. The standard InChI is InChI=1S/C19H25N3O/c1-6-10-22(11-7-2)13-17-14(3)20-18-9-8-15(21(4)5)12-16(18)19(17)23/h6-9,12H,1-2,10-11,13H2,3-5H3,(H,20,23)/p+1. The van der Waals surface area contributed by atoms with E-state index in [4.69, 9.17) is 0 Å². The van der Waals surface area contributed by atoms with Crippen LogP contribution in [0.3, 0.4) is 0 Å². The van der Waals surface area contributed by atoms with E-state index in [1.54, 1.807) is 0 Å². The van der Waals surface area contributed by atoms with Crippen LogP contribution >= 0.6 is 0 Å². The summed E-state index contributed by atoms with van der Waals surface area (Å²) in [7, 11) is 3.95. The van der Waals surface area contributed by atoms with Crippen molar-refractivity contribution >= 4 is 16.6 Å². The third-order valence-corrected chi connectivity index (χ3v) is 4.11. The van der Waals surface area contributed by atoms with Gasteiger partial charge >= 0.3 is 0 Å². The lowest BCUT2D eigenvalue weighted by atomic mass is 10.1. The molecule has 122 valence electrons. The molecule has 4 nitrogen and oxygen atoms in total. The number of quaternary nitrogens is 1. The van der Waals surface area contributed by atoms with Crippen LogP contribution in [0, 0.1) is 6.92 Å². The summed E-state index contributed by atoms with van der Waals surface area (Å²) in [6.07, 6.45) is 3.76. The molecular weight excluding hydrogens is 286 g/mol. The molecule has 23 heavy (non-hydrogen) atoms. The first kappa shape index (κ1) is 17.0. The zero-order valence-corrected chi connectivity index (χ0v) is 14.3. The number of rotatable bonds is 7. The summed E-state index contributed by atoms with van der Waals surface area (Å²) in [5.41, 5.74) is 3.80. The van der Waals surface area contributed by atoms with Gasteiger partial charge in [0.2, 0.25) is 0 Å². The third-order valence-electron chi connectivity index (χ3n) is 4.11. The Kier molecular flexibility index (Phi) is 5.40. The van der Waals surface area contributed by atoms with E-state index < -0.39 is 0 Å². The van der Waals surface area contributed by atoms with Gasteiger partial charge in [0, 0.05) is 36.4 Å². The number of aromatic amines is 1. The van der Waals surface area contributed by atoms with Crippen molar-refractivity contribution in [1.82, 2.24) is 4.98 Å². The second-order valence-corrected chi connectivity index (χ2v) is 6.09. The maximum absolute atomic E-state index is 13.0. The Labute approximate surface area is 137 Å². The van der Waals surface area contributed by atoms with Crippen LogP contribution in [-0.2, 0) is 6.54 Å². The normalized spacial score (nSPS) is 11.0. The van der Waals surface area contributed by atoms with Crippen molar-refractivity contribution in [1.29, 1.82) is 0 Å². The molecule has 0 aliphatic heterocycles. The summed E-state index contributed by atoms with van der Waals surface area (Å²) in [4.78, 5) is 19.6. The van der Waals surface area contributed by atoms with Crippen molar-refractivity contribution in [2.75, 3.05) is 32.1 Å². The van der Waals surface area contributed by atoms with Gasteiger partial charge in [0.25, 0.3) is 0 Å². The summed E-state index contributed by atoms with van der Waals surface area (Å²) in [5, 5.41) is 0.744. The number of nitrogens with one attached hydrogen (secondary N) is 2. The topological polar surface area (TPSA) is 40.5 Å². The van der Waals surface area contributed by atoms with Crippen molar-refractivity contribution in [3.05, 3.63) is 65.0 Å². The monoisotopic (exact) mass is 312 g/mol. The molecule has 0 bridgehead atoms. The zero-order valence-electron chi connectivity index (χ0n) is 14.3. The average molecular weight is 312 g/mol. The molecule has 1 aromatic carbocycles. The molecule has 0 saturated carbocycles. The molecule has 0 amide bonds. The van der Waals surface area contributed by atoms with Crippen molar-refractivity contribution < 1.29 is 4.90 Å². The second-order valence-electron chi connectivity index (χ2n) is 6.09. The molecule has 0 spiro atoms. The van der Waals surface area contributed by atoms with Gasteiger partial charge in [0.15, 0.2) is 5.43 Å². The fourth-order valence-corrected chi connectivity index (χ4v) is 2.82. The van der Waals surface area contributed by atoms with Crippen molar-refractivity contribution in [3.63, 3.8) is 0 Å². The smallest absolute Gasteiger partial charge is 0.198 e. The minimum atomic E-state index is 0.116. The van der Waals surface area contributed by atoms with Gasteiger partial charge in [-0.3, -0.25) is 4.79 Å². The molecule has 0 aliphatic rings. The fraction of sp³-hybridized carbons (Fsp3) is 0.316. The van der Waals surface area contributed by atoms with E-state index in [2.05, 4.69) is 18.1 Å². The highest BCUT2D eigenvalue weighted by molar-refractivity contribution is 5.83. The summed E-state index contributed by atoms with van der Waals surface area (Å²) in [6.45, 7) is 11.9. The maximum Gasteiger partial charge on any atom is 0.198 e. The van der Waals surface area contributed by atoms with Crippen LogP contribution in [0.25, 0.3) is 10.9 Å². The Bertz CT molecular complexity index is 764. The summed E-state index contributed by atoms with van der Waals surface area (Å²) < 4.78 is 0. The van der Waals surface area contributed by atoms with Crippen LogP contribution in [0.2, 0.25) is 0 Å². The van der Waals surface area contributed by atoms with E-state index in [0.29, 0.717) is 6.54 Å². The number of hydrogen-bond acceptors (Lipinski definition) is 2. The molecule has 0 unspecified atom stereocenters. The van der Waals surface area contributed by atoms with Gasteiger partial charge in [-0.1, -0.05) is 13.2 Å². The molecule has 1 aromatic heterocycles. The Morgan fingerprint density at radius 2 is 1.87 bits per heavy atom.